The van der Waals surface area contributed by atoms with Crippen LogP contribution in [-0.2, 0) is 4.79 Å². The number of carbonyl (C=O) groups is 1. The number of benzene rings is 1. The summed E-state index contributed by atoms with van der Waals surface area (Å²) in [6, 6.07) is 7.77. The molecule has 15 heavy (non-hydrogen) atoms. The smallest absolute Gasteiger partial charge is 0.133 e. The monoisotopic (exact) mass is 205 g/mol. The Labute approximate surface area is 91.5 Å². The van der Waals surface area contributed by atoms with Gasteiger partial charge in [0.1, 0.15) is 5.78 Å². The van der Waals surface area contributed by atoms with Gasteiger partial charge in [-0.1, -0.05) is 26.0 Å². The van der Waals surface area contributed by atoms with Crippen molar-refractivity contribution >= 4 is 11.5 Å². The lowest BCUT2D eigenvalue weighted by Gasteiger charge is -2.10. The van der Waals surface area contributed by atoms with Gasteiger partial charge in [0, 0.05) is 18.5 Å². The maximum atomic E-state index is 11.5. The number of ketones is 1. The topological polar surface area (TPSA) is 43.1 Å². The van der Waals surface area contributed by atoms with E-state index in [9.17, 15) is 4.79 Å². The van der Waals surface area contributed by atoms with Crippen LogP contribution >= 0.6 is 0 Å². The van der Waals surface area contributed by atoms with E-state index in [-0.39, 0.29) is 0 Å². The molecule has 0 bridgehead atoms. The number of Topliss-reactive ketones (excluding diaryl/α,β-unsaturated/α-hetero) is 1. The quantitative estimate of drug-likeness (QED) is 0.750. The molecule has 1 aromatic rings. The van der Waals surface area contributed by atoms with Gasteiger partial charge in [-0.15, -0.1) is 0 Å². The van der Waals surface area contributed by atoms with Crippen LogP contribution in [0.15, 0.2) is 24.3 Å². The molecule has 0 aromatic heterocycles. The Bertz CT molecular complexity index is 316. The molecule has 0 heterocycles. The molecular weight excluding hydrogens is 186 g/mol. The van der Waals surface area contributed by atoms with Gasteiger partial charge < -0.3 is 5.73 Å². The highest BCUT2D eigenvalue weighted by atomic mass is 16.1. The molecular formula is C13H19NO. The molecule has 2 heteroatoms. The molecule has 0 fully saturated rings. The Morgan fingerprint density at radius 2 is 1.93 bits per heavy atom. The van der Waals surface area contributed by atoms with Gasteiger partial charge >= 0.3 is 0 Å². The van der Waals surface area contributed by atoms with Crippen LogP contribution < -0.4 is 5.73 Å². The lowest BCUT2D eigenvalue weighted by atomic mass is 9.94. The molecule has 1 unspecified atom stereocenters. The minimum absolute atomic E-state index is 0.296. The normalized spacial score (nSPS) is 12.4. The number of rotatable bonds is 5. The SMILES string of the molecule is CCCC(=O)CC(C)c1ccc(N)cc1. The van der Waals surface area contributed by atoms with Crippen LogP contribution in [0, 0.1) is 0 Å². The minimum atomic E-state index is 0.296. The van der Waals surface area contributed by atoms with Crippen molar-refractivity contribution in [3.05, 3.63) is 29.8 Å². The van der Waals surface area contributed by atoms with Crippen molar-refractivity contribution in [3.63, 3.8) is 0 Å². The third kappa shape index (κ3) is 3.74. The number of carbonyl (C=O) groups excluding carboxylic acids is 1. The number of hydrogen-bond acceptors (Lipinski definition) is 2. The zero-order valence-electron chi connectivity index (χ0n) is 9.49. The van der Waals surface area contributed by atoms with Gasteiger partial charge in [-0.3, -0.25) is 4.79 Å². The first-order valence-electron chi connectivity index (χ1n) is 5.50. The van der Waals surface area contributed by atoms with Crippen molar-refractivity contribution in [3.8, 4) is 0 Å². The van der Waals surface area contributed by atoms with Crippen LogP contribution in [0.1, 0.15) is 44.6 Å². The average molecular weight is 205 g/mol. The molecule has 2 N–H and O–H groups in total. The standard InChI is InChI=1S/C13H19NO/c1-3-4-13(15)9-10(2)11-5-7-12(14)8-6-11/h5-8,10H,3-4,9,14H2,1-2H3. The Morgan fingerprint density at radius 1 is 1.33 bits per heavy atom. The summed E-state index contributed by atoms with van der Waals surface area (Å²) < 4.78 is 0. The first kappa shape index (κ1) is 11.8. The first-order chi connectivity index (χ1) is 7.13. The van der Waals surface area contributed by atoms with Crippen LogP contribution in [-0.4, -0.2) is 5.78 Å². The Hall–Kier alpha value is -1.31. The van der Waals surface area contributed by atoms with Gasteiger partial charge in [0.25, 0.3) is 0 Å². The average Bonchev–Trinajstić information content (AvgIpc) is 2.18. The van der Waals surface area contributed by atoms with Crippen LogP contribution in [0.2, 0.25) is 0 Å². The molecule has 1 atom stereocenters. The second-order valence-electron chi connectivity index (χ2n) is 4.06. The third-order valence-corrected chi connectivity index (χ3v) is 2.57. The molecule has 0 aliphatic rings. The second-order valence-corrected chi connectivity index (χ2v) is 4.06. The summed E-state index contributed by atoms with van der Waals surface area (Å²) in [7, 11) is 0. The molecule has 0 saturated heterocycles. The summed E-state index contributed by atoms with van der Waals surface area (Å²) in [5, 5.41) is 0. The molecule has 0 aliphatic carbocycles. The summed E-state index contributed by atoms with van der Waals surface area (Å²) in [5.41, 5.74) is 7.57. The van der Waals surface area contributed by atoms with Gasteiger partial charge in [-0.05, 0) is 30.0 Å². The second kappa shape index (κ2) is 5.54. The van der Waals surface area contributed by atoms with Crippen molar-refractivity contribution in [1.82, 2.24) is 0 Å². The lowest BCUT2D eigenvalue weighted by Crippen LogP contribution is -2.04. The van der Waals surface area contributed by atoms with Crippen molar-refractivity contribution in [2.24, 2.45) is 0 Å². The fraction of sp³-hybridized carbons (Fsp3) is 0.462. The highest BCUT2D eigenvalue weighted by Crippen LogP contribution is 2.21. The van der Waals surface area contributed by atoms with Gasteiger partial charge in [-0.25, -0.2) is 0 Å². The maximum absolute atomic E-state index is 11.5. The predicted molar refractivity (Wildman–Crippen MR) is 63.8 cm³/mol. The van der Waals surface area contributed by atoms with E-state index in [1.54, 1.807) is 0 Å². The van der Waals surface area contributed by atoms with Crippen LogP contribution in [0.5, 0.6) is 0 Å². The predicted octanol–water partition coefficient (Wildman–Crippen LogP) is 3.13. The van der Waals surface area contributed by atoms with E-state index < -0.39 is 0 Å². The van der Waals surface area contributed by atoms with E-state index in [1.165, 1.54) is 5.56 Å². The Balaban J connectivity index is 2.57. The van der Waals surface area contributed by atoms with Crippen LogP contribution in [0.25, 0.3) is 0 Å². The van der Waals surface area contributed by atoms with E-state index in [4.69, 9.17) is 5.73 Å². The number of anilines is 1. The van der Waals surface area contributed by atoms with Crippen molar-refractivity contribution in [1.29, 1.82) is 0 Å². The zero-order chi connectivity index (χ0) is 11.3. The molecule has 1 aromatic carbocycles. The summed E-state index contributed by atoms with van der Waals surface area (Å²) >= 11 is 0. The number of nitrogens with two attached hydrogens (primary N) is 1. The molecule has 0 aliphatic heterocycles. The van der Waals surface area contributed by atoms with Gasteiger partial charge in [0.05, 0.1) is 0 Å². The summed E-state index contributed by atoms with van der Waals surface area (Å²) in [6.45, 7) is 4.12. The summed E-state index contributed by atoms with van der Waals surface area (Å²) in [4.78, 5) is 11.5. The lowest BCUT2D eigenvalue weighted by molar-refractivity contribution is -0.119. The third-order valence-electron chi connectivity index (χ3n) is 2.57. The summed E-state index contributed by atoms with van der Waals surface area (Å²) in [6.07, 6.45) is 2.27. The van der Waals surface area contributed by atoms with Gasteiger partial charge in [-0.2, -0.15) is 0 Å². The maximum Gasteiger partial charge on any atom is 0.133 e. The molecule has 2 nitrogen and oxygen atoms in total. The number of hydrogen-bond donors (Lipinski definition) is 1. The highest BCUT2D eigenvalue weighted by molar-refractivity contribution is 5.79. The Morgan fingerprint density at radius 3 is 2.47 bits per heavy atom. The van der Waals surface area contributed by atoms with E-state index in [0.29, 0.717) is 24.5 Å². The Kier molecular flexibility index (Phi) is 4.35. The van der Waals surface area contributed by atoms with E-state index in [2.05, 4.69) is 6.92 Å². The van der Waals surface area contributed by atoms with Crippen LogP contribution in [0.4, 0.5) is 5.69 Å². The fourth-order valence-corrected chi connectivity index (χ4v) is 1.66. The minimum Gasteiger partial charge on any atom is -0.399 e. The number of nitrogen functional groups attached to an aromatic ring is 1. The van der Waals surface area contributed by atoms with E-state index in [0.717, 1.165) is 12.1 Å². The van der Waals surface area contributed by atoms with Crippen molar-refractivity contribution in [2.45, 2.75) is 39.0 Å². The fourth-order valence-electron chi connectivity index (χ4n) is 1.66. The molecule has 0 radical (unpaired) electrons. The van der Waals surface area contributed by atoms with Crippen molar-refractivity contribution in [2.75, 3.05) is 5.73 Å². The molecule has 0 spiro atoms. The zero-order valence-corrected chi connectivity index (χ0v) is 9.49. The van der Waals surface area contributed by atoms with E-state index >= 15 is 0 Å². The molecule has 0 saturated carbocycles. The highest BCUT2D eigenvalue weighted by Gasteiger charge is 2.10. The summed E-state index contributed by atoms with van der Waals surface area (Å²) in [5.74, 6) is 0.645. The van der Waals surface area contributed by atoms with E-state index in [1.807, 2.05) is 31.2 Å². The van der Waals surface area contributed by atoms with Crippen molar-refractivity contribution < 1.29 is 4.79 Å². The van der Waals surface area contributed by atoms with Gasteiger partial charge in [0.15, 0.2) is 0 Å². The van der Waals surface area contributed by atoms with Crippen LogP contribution in [0.3, 0.4) is 0 Å². The molecule has 82 valence electrons. The molecule has 1 rings (SSSR count). The molecule has 0 amide bonds. The van der Waals surface area contributed by atoms with Gasteiger partial charge in [0.2, 0.25) is 0 Å². The largest absolute Gasteiger partial charge is 0.399 e. The first-order valence-corrected chi connectivity index (χ1v) is 5.50.